The summed E-state index contributed by atoms with van der Waals surface area (Å²) in [5.74, 6) is 1.10. The van der Waals surface area contributed by atoms with E-state index in [4.69, 9.17) is 5.73 Å². The van der Waals surface area contributed by atoms with Gasteiger partial charge in [-0.25, -0.2) is 0 Å². The Kier molecular flexibility index (Phi) is 2.98. The predicted octanol–water partition coefficient (Wildman–Crippen LogP) is 3.02. The molecular formula is C16H21NO. The van der Waals surface area contributed by atoms with Crippen molar-refractivity contribution in [2.45, 2.75) is 50.0 Å². The third kappa shape index (κ3) is 2.35. The number of carbonyl (C=O) groups is 1. The second-order valence-corrected chi connectivity index (χ2v) is 6.07. The highest BCUT2D eigenvalue weighted by atomic mass is 16.1. The zero-order valence-corrected chi connectivity index (χ0v) is 10.8. The summed E-state index contributed by atoms with van der Waals surface area (Å²) in [6.07, 6.45) is 6.07. The fraction of sp³-hybridized carbons (Fsp3) is 0.562. The molecule has 2 aliphatic carbocycles. The molecule has 2 fully saturated rings. The van der Waals surface area contributed by atoms with Crippen molar-refractivity contribution in [2.75, 3.05) is 0 Å². The van der Waals surface area contributed by atoms with E-state index >= 15 is 0 Å². The van der Waals surface area contributed by atoms with E-state index in [1.165, 1.54) is 18.4 Å². The van der Waals surface area contributed by atoms with E-state index in [2.05, 4.69) is 24.3 Å². The maximum atomic E-state index is 12.3. The van der Waals surface area contributed by atoms with Gasteiger partial charge in [0, 0.05) is 17.9 Å². The molecule has 0 amide bonds. The van der Waals surface area contributed by atoms with Crippen molar-refractivity contribution in [3.63, 3.8) is 0 Å². The van der Waals surface area contributed by atoms with Gasteiger partial charge in [0.25, 0.3) is 0 Å². The number of Topliss-reactive ketones (excluding diaryl/α,β-unsaturated/α-hetero) is 1. The van der Waals surface area contributed by atoms with Gasteiger partial charge >= 0.3 is 0 Å². The van der Waals surface area contributed by atoms with E-state index in [1.54, 1.807) is 0 Å². The molecule has 2 nitrogen and oxygen atoms in total. The Bertz CT molecular complexity index is 434. The molecule has 96 valence electrons. The SMILES string of the molecule is NC1(CC(=O)C2CC2c2ccccc2)CCCC1. The van der Waals surface area contributed by atoms with Crippen LogP contribution in [0.5, 0.6) is 0 Å². The topological polar surface area (TPSA) is 43.1 Å². The Morgan fingerprint density at radius 2 is 1.89 bits per heavy atom. The van der Waals surface area contributed by atoms with Crippen molar-refractivity contribution in [1.82, 2.24) is 0 Å². The van der Waals surface area contributed by atoms with Crippen LogP contribution >= 0.6 is 0 Å². The Balaban J connectivity index is 1.59. The lowest BCUT2D eigenvalue weighted by atomic mass is 9.90. The van der Waals surface area contributed by atoms with Crippen LogP contribution in [0.3, 0.4) is 0 Å². The molecule has 0 bridgehead atoms. The summed E-state index contributed by atoms with van der Waals surface area (Å²) >= 11 is 0. The van der Waals surface area contributed by atoms with Crippen LogP contribution in [-0.2, 0) is 4.79 Å². The van der Waals surface area contributed by atoms with Crippen molar-refractivity contribution >= 4 is 5.78 Å². The van der Waals surface area contributed by atoms with Gasteiger partial charge in [0.1, 0.15) is 5.78 Å². The van der Waals surface area contributed by atoms with Crippen LogP contribution in [-0.4, -0.2) is 11.3 Å². The van der Waals surface area contributed by atoms with Crippen molar-refractivity contribution in [1.29, 1.82) is 0 Å². The monoisotopic (exact) mass is 243 g/mol. The Labute approximate surface area is 109 Å². The van der Waals surface area contributed by atoms with Gasteiger partial charge in [0.05, 0.1) is 0 Å². The lowest BCUT2D eigenvalue weighted by Crippen LogP contribution is -2.39. The van der Waals surface area contributed by atoms with Crippen LogP contribution in [0.2, 0.25) is 0 Å². The molecule has 2 aliphatic rings. The first kappa shape index (κ1) is 11.9. The lowest BCUT2D eigenvalue weighted by Gasteiger charge is -2.22. The number of benzene rings is 1. The molecule has 0 heterocycles. The van der Waals surface area contributed by atoms with Crippen LogP contribution in [0.15, 0.2) is 30.3 Å². The number of hydrogen-bond acceptors (Lipinski definition) is 2. The molecule has 3 rings (SSSR count). The quantitative estimate of drug-likeness (QED) is 0.883. The summed E-state index contributed by atoms with van der Waals surface area (Å²) in [7, 11) is 0. The highest BCUT2D eigenvalue weighted by Gasteiger charge is 2.45. The van der Waals surface area contributed by atoms with Gasteiger partial charge in [-0.05, 0) is 30.7 Å². The molecule has 0 spiro atoms. The molecule has 2 saturated carbocycles. The second kappa shape index (κ2) is 4.51. The molecular weight excluding hydrogens is 222 g/mol. The summed E-state index contributed by atoms with van der Waals surface area (Å²) < 4.78 is 0. The molecule has 1 aromatic rings. The van der Waals surface area contributed by atoms with E-state index in [0.717, 1.165) is 19.3 Å². The third-order valence-corrected chi connectivity index (χ3v) is 4.56. The number of hydrogen-bond donors (Lipinski definition) is 1. The lowest BCUT2D eigenvalue weighted by molar-refractivity contribution is -0.121. The Hall–Kier alpha value is -1.15. The molecule has 0 radical (unpaired) electrons. The van der Waals surface area contributed by atoms with Crippen molar-refractivity contribution in [3.8, 4) is 0 Å². The summed E-state index contributed by atoms with van der Waals surface area (Å²) in [5, 5.41) is 0. The summed E-state index contributed by atoms with van der Waals surface area (Å²) in [6, 6.07) is 10.4. The predicted molar refractivity (Wildman–Crippen MR) is 72.3 cm³/mol. The highest BCUT2D eigenvalue weighted by Crippen LogP contribution is 2.49. The minimum absolute atomic E-state index is 0.180. The Morgan fingerprint density at radius 1 is 1.22 bits per heavy atom. The largest absolute Gasteiger partial charge is 0.325 e. The summed E-state index contributed by atoms with van der Waals surface area (Å²) in [5.41, 5.74) is 7.42. The van der Waals surface area contributed by atoms with Crippen LogP contribution in [0.4, 0.5) is 0 Å². The number of ketones is 1. The molecule has 2 heteroatoms. The highest BCUT2D eigenvalue weighted by molar-refractivity contribution is 5.86. The minimum atomic E-state index is -0.180. The smallest absolute Gasteiger partial charge is 0.138 e. The average molecular weight is 243 g/mol. The Morgan fingerprint density at radius 3 is 2.56 bits per heavy atom. The zero-order chi connectivity index (χ0) is 12.6. The summed E-state index contributed by atoms with van der Waals surface area (Å²) in [4.78, 5) is 12.3. The molecule has 0 aliphatic heterocycles. The van der Waals surface area contributed by atoms with Gasteiger partial charge in [-0.3, -0.25) is 4.79 Å². The molecule has 2 N–H and O–H groups in total. The van der Waals surface area contributed by atoms with Gasteiger partial charge in [-0.1, -0.05) is 43.2 Å². The van der Waals surface area contributed by atoms with Crippen LogP contribution < -0.4 is 5.73 Å². The standard InChI is InChI=1S/C16H21NO/c17-16(8-4-5-9-16)11-15(18)14-10-13(14)12-6-2-1-3-7-12/h1-3,6-7,13-14H,4-5,8-11,17H2. The molecule has 0 saturated heterocycles. The van der Waals surface area contributed by atoms with Crippen molar-refractivity contribution < 1.29 is 4.79 Å². The van der Waals surface area contributed by atoms with Gasteiger partial charge < -0.3 is 5.73 Å². The van der Waals surface area contributed by atoms with Crippen molar-refractivity contribution in [3.05, 3.63) is 35.9 Å². The van der Waals surface area contributed by atoms with E-state index < -0.39 is 0 Å². The first-order valence-electron chi connectivity index (χ1n) is 7.04. The molecule has 1 aromatic carbocycles. The molecule has 18 heavy (non-hydrogen) atoms. The molecule has 2 unspecified atom stereocenters. The van der Waals surface area contributed by atoms with Gasteiger partial charge in [0.15, 0.2) is 0 Å². The summed E-state index contributed by atoms with van der Waals surface area (Å²) in [6.45, 7) is 0. The fourth-order valence-corrected chi connectivity index (χ4v) is 3.35. The number of nitrogens with two attached hydrogens (primary N) is 1. The van der Waals surface area contributed by atoms with Crippen LogP contribution in [0, 0.1) is 5.92 Å². The van der Waals surface area contributed by atoms with E-state index in [-0.39, 0.29) is 11.5 Å². The zero-order valence-electron chi connectivity index (χ0n) is 10.8. The minimum Gasteiger partial charge on any atom is -0.325 e. The van der Waals surface area contributed by atoms with Crippen LogP contribution in [0.1, 0.15) is 50.0 Å². The third-order valence-electron chi connectivity index (χ3n) is 4.56. The van der Waals surface area contributed by atoms with Crippen LogP contribution in [0.25, 0.3) is 0 Å². The van der Waals surface area contributed by atoms with E-state index in [9.17, 15) is 4.79 Å². The van der Waals surface area contributed by atoms with Gasteiger partial charge in [-0.2, -0.15) is 0 Å². The number of carbonyl (C=O) groups excluding carboxylic acids is 1. The average Bonchev–Trinajstić information content (AvgIpc) is 3.08. The van der Waals surface area contributed by atoms with E-state index in [0.29, 0.717) is 18.1 Å². The van der Waals surface area contributed by atoms with Crippen molar-refractivity contribution in [2.24, 2.45) is 11.7 Å². The van der Waals surface area contributed by atoms with E-state index in [1.807, 2.05) is 6.07 Å². The van der Waals surface area contributed by atoms with Gasteiger partial charge in [0.2, 0.25) is 0 Å². The molecule has 2 atom stereocenters. The second-order valence-electron chi connectivity index (χ2n) is 6.07. The van der Waals surface area contributed by atoms with Gasteiger partial charge in [-0.15, -0.1) is 0 Å². The maximum absolute atomic E-state index is 12.3. The first-order valence-corrected chi connectivity index (χ1v) is 7.04. The normalized spacial score (nSPS) is 29.2. The fourth-order valence-electron chi connectivity index (χ4n) is 3.35. The number of rotatable bonds is 4. The first-order chi connectivity index (χ1) is 8.68. The molecule has 0 aromatic heterocycles. The maximum Gasteiger partial charge on any atom is 0.138 e.